The molecule has 1 heterocycles. The molecule has 0 spiro atoms. The quantitative estimate of drug-likeness (QED) is 0.822. The van der Waals surface area contributed by atoms with Crippen molar-refractivity contribution in [3.8, 4) is 0 Å². The first-order valence-electron chi connectivity index (χ1n) is 7.95. The molecule has 1 aromatic heterocycles. The van der Waals surface area contributed by atoms with Crippen LogP contribution in [0.2, 0.25) is 0 Å². The number of nitrogens with one attached hydrogen (secondary N) is 1. The van der Waals surface area contributed by atoms with E-state index in [2.05, 4.69) is 43.4 Å². The SMILES string of the molecule is CCCNC(c1cc2ccccc2o1)C1(C)CCCC1. The number of hydrogen-bond acceptors (Lipinski definition) is 2. The lowest BCUT2D eigenvalue weighted by Crippen LogP contribution is -2.34. The number of rotatable bonds is 5. The second-order valence-corrected chi connectivity index (χ2v) is 6.43. The molecule has 0 aliphatic heterocycles. The lowest BCUT2D eigenvalue weighted by molar-refractivity contribution is 0.199. The van der Waals surface area contributed by atoms with Crippen molar-refractivity contribution in [1.29, 1.82) is 0 Å². The zero-order valence-corrected chi connectivity index (χ0v) is 12.6. The lowest BCUT2D eigenvalue weighted by Gasteiger charge is -2.33. The van der Waals surface area contributed by atoms with Crippen molar-refractivity contribution in [3.63, 3.8) is 0 Å². The highest BCUT2D eigenvalue weighted by Crippen LogP contribution is 2.48. The maximum absolute atomic E-state index is 6.14. The highest BCUT2D eigenvalue weighted by Gasteiger charge is 2.39. The van der Waals surface area contributed by atoms with E-state index in [0.29, 0.717) is 11.5 Å². The van der Waals surface area contributed by atoms with Gasteiger partial charge in [-0.05, 0) is 43.4 Å². The molecule has 20 heavy (non-hydrogen) atoms. The molecule has 0 amide bonds. The van der Waals surface area contributed by atoms with Crippen LogP contribution in [-0.4, -0.2) is 6.54 Å². The van der Waals surface area contributed by atoms with E-state index < -0.39 is 0 Å². The van der Waals surface area contributed by atoms with Gasteiger partial charge in [-0.3, -0.25) is 0 Å². The minimum Gasteiger partial charge on any atom is -0.459 e. The summed E-state index contributed by atoms with van der Waals surface area (Å²) in [7, 11) is 0. The Morgan fingerprint density at radius 2 is 2.00 bits per heavy atom. The Kier molecular flexibility index (Phi) is 3.84. The largest absolute Gasteiger partial charge is 0.459 e. The molecule has 0 saturated heterocycles. The lowest BCUT2D eigenvalue weighted by atomic mass is 9.79. The van der Waals surface area contributed by atoms with Crippen molar-refractivity contribution in [1.82, 2.24) is 5.32 Å². The molecule has 3 rings (SSSR count). The van der Waals surface area contributed by atoms with Gasteiger partial charge in [0, 0.05) is 5.39 Å². The zero-order chi connectivity index (χ0) is 14.0. The summed E-state index contributed by atoms with van der Waals surface area (Å²) in [5.41, 5.74) is 1.34. The number of furan rings is 1. The van der Waals surface area contributed by atoms with Crippen LogP contribution in [0.4, 0.5) is 0 Å². The molecule has 1 fully saturated rings. The van der Waals surface area contributed by atoms with Gasteiger partial charge in [0.2, 0.25) is 0 Å². The second kappa shape index (κ2) is 5.61. The predicted molar refractivity (Wildman–Crippen MR) is 83.8 cm³/mol. The van der Waals surface area contributed by atoms with Crippen LogP contribution in [0, 0.1) is 5.41 Å². The Hall–Kier alpha value is -1.28. The van der Waals surface area contributed by atoms with Gasteiger partial charge in [0.05, 0.1) is 6.04 Å². The topological polar surface area (TPSA) is 25.2 Å². The second-order valence-electron chi connectivity index (χ2n) is 6.43. The fourth-order valence-corrected chi connectivity index (χ4v) is 3.60. The summed E-state index contributed by atoms with van der Waals surface area (Å²) >= 11 is 0. The first-order valence-corrected chi connectivity index (χ1v) is 7.95. The van der Waals surface area contributed by atoms with Crippen LogP contribution in [0.15, 0.2) is 34.7 Å². The van der Waals surface area contributed by atoms with Crippen LogP contribution in [0.3, 0.4) is 0 Å². The molecule has 1 aromatic carbocycles. The van der Waals surface area contributed by atoms with E-state index in [4.69, 9.17) is 4.42 Å². The standard InChI is InChI=1S/C18H25NO/c1-3-12-19-17(18(2)10-6-7-11-18)16-13-14-8-4-5-9-15(14)20-16/h4-5,8-9,13,17,19H,3,6-7,10-12H2,1-2H3. The van der Waals surface area contributed by atoms with Crippen LogP contribution < -0.4 is 5.32 Å². The predicted octanol–water partition coefficient (Wildman–Crippen LogP) is 5.05. The molecular weight excluding hydrogens is 246 g/mol. The van der Waals surface area contributed by atoms with Crippen LogP contribution in [0.1, 0.15) is 57.8 Å². The van der Waals surface area contributed by atoms with Gasteiger partial charge in [-0.1, -0.05) is 44.9 Å². The van der Waals surface area contributed by atoms with Gasteiger partial charge in [0.1, 0.15) is 11.3 Å². The molecule has 1 atom stereocenters. The van der Waals surface area contributed by atoms with Crippen molar-refractivity contribution < 1.29 is 4.42 Å². The Bertz CT molecular complexity index is 533. The Morgan fingerprint density at radius 3 is 2.70 bits per heavy atom. The van der Waals surface area contributed by atoms with E-state index in [1.54, 1.807) is 0 Å². The smallest absolute Gasteiger partial charge is 0.134 e. The number of para-hydroxylation sites is 1. The molecule has 0 bridgehead atoms. The molecule has 1 saturated carbocycles. The van der Waals surface area contributed by atoms with Gasteiger partial charge in [-0.15, -0.1) is 0 Å². The Labute approximate surface area is 121 Å². The zero-order valence-electron chi connectivity index (χ0n) is 12.6. The van der Waals surface area contributed by atoms with Crippen LogP contribution >= 0.6 is 0 Å². The van der Waals surface area contributed by atoms with Crippen molar-refractivity contribution in [3.05, 3.63) is 36.1 Å². The van der Waals surface area contributed by atoms with Gasteiger partial charge in [0.25, 0.3) is 0 Å². The maximum atomic E-state index is 6.14. The first kappa shape index (κ1) is 13.7. The number of hydrogen-bond donors (Lipinski definition) is 1. The van der Waals surface area contributed by atoms with Crippen molar-refractivity contribution >= 4 is 11.0 Å². The Morgan fingerprint density at radius 1 is 1.25 bits per heavy atom. The molecule has 2 heteroatoms. The van der Waals surface area contributed by atoms with E-state index in [9.17, 15) is 0 Å². The summed E-state index contributed by atoms with van der Waals surface area (Å²) in [6.07, 6.45) is 6.45. The molecule has 0 radical (unpaired) electrons. The monoisotopic (exact) mass is 271 g/mol. The van der Waals surface area contributed by atoms with Gasteiger partial charge in [-0.2, -0.15) is 0 Å². The summed E-state index contributed by atoms with van der Waals surface area (Å²) in [5.74, 6) is 1.11. The van der Waals surface area contributed by atoms with Gasteiger partial charge in [0.15, 0.2) is 0 Å². The molecule has 2 aromatic rings. The van der Waals surface area contributed by atoms with E-state index in [1.807, 2.05) is 6.07 Å². The highest BCUT2D eigenvalue weighted by molar-refractivity contribution is 5.77. The fraction of sp³-hybridized carbons (Fsp3) is 0.556. The normalized spacial score (nSPS) is 19.5. The molecule has 1 aliphatic rings. The van der Waals surface area contributed by atoms with E-state index in [-0.39, 0.29) is 0 Å². The molecular formula is C18H25NO. The number of benzene rings is 1. The van der Waals surface area contributed by atoms with Crippen LogP contribution in [-0.2, 0) is 0 Å². The third kappa shape index (κ3) is 2.49. The van der Waals surface area contributed by atoms with E-state index >= 15 is 0 Å². The van der Waals surface area contributed by atoms with E-state index in [0.717, 1.165) is 24.3 Å². The maximum Gasteiger partial charge on any atom is 0.134 e. The van der Waals surface area contributed by atoms with Gasteiger partial charge < -0.3 is 9.73 Å². The average molecular weight is 271 g/mol. The number of fused-ring (bicyclic) bond motifs is 1. The third-order valence-electron chi connectivity index (χ3n) is 4.77. The average Bonchev–Trinajstić information content (AvgIpc) is 3.06. The minimum atomic E-state index is 0.336. The fourth-order valence-electron chi connectivity index (χ4n) is 3.60. The van der Waals surface area contributed by atoms with Crippen molar-refractivity contribution in [2.45, 2.75) is 52.0 Å². The first-order chi connectivity index (χ1) is 9.73. The third-order valence-corrected chi connectivity index (χ3v) is 4.77. The highest BCUT2D eigenvalue weighted by atomic mass is 16.3. The summed E-state index contributed by atoms with van der Waals surface area (Å²) in [6, 6.07) is 10.9. The minimum absolute atomic E-state index is 0.336. The summed E-state index contributed by atoms with van der Waals surface area (Å²) in [6.45, 7) is 5.69. The van der Waals surface area contributed by atoms with Gasteiger partial charge >= 0.3 is 0 Å². The van der Waals surface area contributed by atoms with Crippen molar-refractivity contribution in [2.24, 2.45) is 5.41 Å². The molecule has 2 nitrogen and oxygen atoms in total. The van der Waals surface area contributed by atoms with Gasteiger partial charge in [-0.25, -0.2) is 0 Å². The van der Waals surface area contributed by atoms with Crippen LogP contribution in [0.25, 0.3) is 11.0 Å². The molecule has 1 aliphatic carbocycles. The summed E-state index contributed by atoms with van der Waals surface area (Å²) in [4.78, 5) is 0. The van der Waals surface area contributed by atoms with Crippen molar-refractivity contribution in [2.75, 3.05) is 6.54 Å². The molecule has 1 N–H and O–H groups in total. The molecule has 108 valence electrons. The summed E-state index contributed by atoms with van der Waals surface area (Å²) in [5, 5.41) is 4.95. The van der Waals surface area contributed by atoms with E-state index in [1.165, 1.54) is 31.1 Å². The Balaban J connectivity index is 1.95. The molecule has 1 unspecified atom stereocenters. The summed E-state index contributed by atoms with van der Waals surface area (Å²) < 4.78 is 6.14. The van der Waals surface area contributed by atoms with Crippen LogP contribution in [0.5, 0.6) is 0 Å².